The number of non-ortho nitro benzene ring substituents is 1. The molecule has 2 bridgehead atoms. The Labute approximate surface area is 196 Å². The van der Waals surface area contributed by atoms with Crippen LogP contribution in [-0.4, -0.2) is 40.6 Å². The summed E-state index contributed by atoms with van der Waals surface area (Å²) in [6, 6.07) is 11.2. The fourth-order valence-corrected chi connectivity index (χ4v) is 5.40. The van der Waals surface area contributed by atoms with E-state index >= 15 is 0 Å². The fraction of sp³-hybridized carbons (Fsp3) is 0.320. The van der Waals surface area contributed by atoms with Gasteiger partial charge in [0.05, 0.1) is 22.3 Å². The molecule has 1 saturated carbocycles. The summed E-state index contributed by atoms with van der Waals surface area (Å²) in [5.41, 5.74) is 1.82. The Morgan fingerprint density at radius 3 is 2.44 bits per heavy atom. The van der Waals surface area contributed by atoms with E-state index in [1.165, 1.54) is 23.1 Å². The molecular weight excluding hydrogens is 436 g/mol. The Morgan fingerprint density at radius 1 is 1.09 bits per heavy atom. The second-order valence-corrected chi connectivity index (χ2v) is 9.07. The van der Waals surface area contributed by atoms with E-state index in [-0.39, 0.29) is 59.8 Å². The van der Waals surface area contributed by atoms with Crippen molar-refractivity contribution < 1.29 is 19.3 Å². The van der Waals surface area contributed by atoms with E-state index in [9.17, 15) is 24.5 Å². The summed E-state index contributed by atoms with van der Waals surface area (Å²) in [6.07, 6.45) is 4.98. The lowest BCUT2D eigenvalue weighted by atomic mass is 9.85. The molecule has 3 aliphatic rings. The van der Waals surface area contributed by atoms with Gasteiger partial charge in [-0.25, -0.2) is 0 Å². The summed E-state index contributed by atoms with van der Waals surface area (Å²) in [7, 11) is 0. The number of nitrogens with one attached hydrogen (secondary N) is 2. The standard InChI is InChI=1S/C25H24N4O5/c1-14-3-2-4-17(11-14)27-23(30)19-13-18(29(33)34)7-8-20(19)26-9-10-28-24(31)21-15-5-6-16(12-15)22(21)25(28)32/h2-8,11,13,15-16,21-22,26H,9-10,12H2,1H3,(H,27,30)/t15-,16+,21-,22-/m0/s1. The van der Waals surface area contributed by atoms with Gasteiger partial charge in [0.25, 0.3) is 11.6 Å². The molecule has 34 heavy (non-hydrogen) atoms. The molecule has 0 aromatic heterocycles. The van der Waals surface area contributed by atoms with E-state index in [4.69, 9.17) is 0 Å². The Kier molecular flexibility index (Phi) is 5.39. The quantitative estimate of drug-likeness (QED) is 0.283. The van der Waals surface area contributed by atoms with E-state index < -0.39 is 10.8 Å². The van der Waals surface area contributed by atoms with Crippen LogP contribution in [0.5, 0.6) is 0 Å². The number of amides is 3. The van der Waals surface area contributed by atoms with Crippen molar-refractivity contribution in [3.05, 3.63) is 75.9 Å². The summed E-state index contributed by atoms with van der Waals surface area (Å²) in [5, 5.41) is 17.1. The number of carbonyl (C=O) groups excluding carboxylic acids is 3. The number of anilines is 2. The summed E-state index contributed by atoms with van der Waals surface area (Å²) >= 11 is 0. The molecule has 0 unspecified atom stereocenters. The molecule has 1 heterocycles. The lowest BCUT2D eigenvalue weighted by Crippen LogP contribution is -2.36. The van der Waals surface area contributed by atoms with Crippen molar-refractivity contribution in [1.29, 1.82) is 0 Å². The van der Waals surface area contributed by atoms with Crippen LogP contribution >= 0.6 is 0 Å². The van der Waals surface area contributed by atoms with Crippen LogP contribution in [0.15, 0.2) is 54.6 Å². The summed E-state index contributed by atoms with van der Waals surface area (Å²) in [6.45, 7) is 2.29. The zero-order valence-electron chi connectivity index (χ0n) is 18.6. The van der Waals surface area contributed by atoms with Crippen molar-refractivity contribution in [3.8, 4) is 0 Å². The molecule has 1 aliphatic heterocycles. The number of rotatable bonds is 7. The molecule has 2 N–H and O–H groups in total. The number of fused-ring (bicyclic) bond motifs is 5. The van der Waals surface area contributed by atoms with Crippen LogP contribution in [0.4, 0.5) is 17.1 Å². The second-order valence-electron chi connectivity index (χ2n) is 9.07. The minimum Gasteiger partial charge on any atom is -0.383 e. The molecular formula is C25H24N4O5. The van der Waals surface area contributed by atoms with E-state index in [1.807, 2.05) is 13.0 Å². The Morgan fingerprint density at radius 2 is 1.79 bits per heavy atom. The number of hydrogen-bond donors (Lipinski definition) is 2. The lowest BCUT2D eigenvalue weighted by Gasteiger charge is -2.18. The molecule has 9 heteroatoms. The highest BCUT2D eigenvalue weighted by molar-refractivity contribution is 6.09. The molecule has 174 valence electrons. The van der Waals surface area contributed by atoms with Crippen LogP contribution < -0.4 is 10.6 Å². The van der Waals surface area contributed by atoms with E-state index in [2.05, 4.69) is 22.8 Å². The van der Waals surface area contributed by atoms with Gasteiger partial charge in [0, 0.05) is 36.6 Å². The van der Waals surface area contributed by atoms with Crippen LogP contribution in [0.2, 0.25) is 0 Å². The highest BCUT2D eigenvalue weighted by atomic mass is 16.6. The molecule has 0 radical (unpaired) electrons. The van der Waals surface area contributed by atoms with Gasteiger partial charge in [-0.2, -0.15) is 0 Å². The molecule has 9 nitrogen and oxygen atoms in total. The monoisotopic (exact) mass is 460 g/mol. The average Bonchev–Trinajstić information content (AvgIpc) is 3.49. The zero-order valence-corrected chi connectivity index (χ0v) is 18.6. The molecule has 3 amide bonds. The van der Waals surface area contributed by atoms with Crippen LogP contribution in [-0.2, 0) is 9.59 Å². The molecule has 4 atom stereocenters. The third-order valence-corrected chi connectivity index (χ3v) is 6.95. The first-order valence-corrected chi connectivity index (χ1v) is 11.3. The van der Waals surface area contributed by atoms with E-state index in [0.717, 1.165) is 12.0 Å². The van der Waals surface area contributed by atoms with Crippen LogP contribution in [0.1, 0.15) is 22.3 Å². The summed E-state index contributed by atoms with van der Waals surface area (Å²) in [5.74, 6) is -0.964. The summed E-state index contributed by atoms with van der Waals surface area (Å²) in [4.78, 5) is 50.7. The zero-order chi connectivity index (χ0) is 24.0. The number of nitrogens with zero attached hydrogens (tertiary/aromatic N) is 2. The number of nitro groups is 1. The third-order valence-electron chi connectivity index (χ3n) is 6.95. The van der Waals surface area contributed by atoms with Crippen molar-refractivity contribution in [2.75, 3.05) is 23.7 Å². The largest absolute Gasteiger partial charge is 0.383 e. The highest BCUT2D eigenvalue weighted by Gasteiger charge is 2.58. The number of aryl methyl sites for hydroxylation is 1. The normalized spacial score (nSPS) is 24.4. The molecule has 0 spiro atoms. The van der Waals surface area contributed by atoms with Gasteiger partial charge in [-0.15, -0.1) is 0 Å². The van der Waals surface area contributed by atoms with Gasteiger partial charge in [-0.3, -0.25) is 29.4 Å². The molecule has 5 rings (SSSR count). The maximum Gasteiger partial charge on any atom is 0.270 e. The minimum atomic E-state index is -0.560. The molecule has 2 aromatic carbocycles. The Bertz CT molecular complexity index is 1210. The predicted molar refractivity (Wildman–Crippen MR) is 125 cm³/mol. The number of nitro benzene ring substituents is 1. The Balaban J connectivity index is 1.30. The van der Waals surface area contributed by atoms with Gasteiger partial charge in [0.1, 0.15) is 0 Å². The van der Waals surface area contributed by atoms with Crippen molar-refractivity contribution in [3.63, 3.8) is 0 Å². The van der Waals surface area contributed by atoms with Gasteiger partial charge < -0.3 is 10.6 Å². The molecule has 2 aliphatic carbocycles. The lowest BCUT2D eigenvalue weighted by molar-refractivity contribution is -0.384. The maximum absolute atomic E-state index is 13.0. The van der Waals surface area contributed by atoms with Gasteiger partial charge in [0.2, 0.25) is 11.8 Å². The first-order valence-electron chi connectivity index (χ1n) is 11.3. The average molecular weight is 460 g/mol. The van der Waals surface area contributed by atoms with Gasteiger partial charge in [0.15, 0.2) is 0 Å². The van der Waals surface area contributed by atoms with Crippen molar-refractivity contribution in [2.45, 2.75) is 13.3 Å². The van der Waals surface area contributed by atoms with Crippen molar-refractivity contribution >= 4 is 34.8 Å². The van der Waals surface area contributed by atoms with Crippen LogP contribution in [0.25, 0.3) is 0 Å². The van der Waals surface area contributed by atoms with Gasteiger partial charge in [-0.05, 0) is 48.9 Å². The smallest absolute Gasteiger partial charge is 0.270 e. The molecule has 2 aromatic rings. The molecule has 1 saturated heterocycles. The number of benzene rings is 2. The molecule has 2 fully saturated rings. The van der Waals surface area contributed by atoms with Crippen LogP contribution in [0, 0.1) is 40.7 Å². The fourth-order valence-electron chi connectivity index (χ4n) is 5.40. The van der Waals surface area contributed by atoms with Gasteiger partial charge in [-0.1, -0.05) is 24.3 Å². The highest BCUT2D eigenvalue weighted by Crippen LogP contribution is 2.52. The maximum atomic E-state index is 13.0. The van der Waals surface area contributed by atoms with Crippen molar-refractivity contribution in [1.82, 2.24) is 4.90 Å². The first-order chi connectivity index (χ1) is 16.3. The minimum absolute atomic E-state index is 0.105. The number of likely N-dealkylation sites (tertiary alicyclic amines) is 1. The number of imide groups is 1. The van der Waals surface area contributed by atoms with E-state index in [1.54, 1.807) is 18.2 Å². The second kappa shape index (κ2) is 8.40. The van der Waals surface area contributed by atoms with Crippen molar-refractivity contribution in [2.24, 2.45) is 23.7 Å². The Hall–Kier alpha value is -4.01. The van der Waals surface area contributed by atoms with Crippen LogP contribution in [0.3, 0.4) is 0 Å². The summed E-state index contributed by atoms with van der Waals surface area (Å²) < 4.78 is 0. The van der Waals surface area contributed by atoms with Gasteiger partial charge >= 0.3 is 0 Å². The number of hydrogen-bond acceptors (Lipinski definition) is 6. The number of carbonyl (C=O) groups is 3. The SMILES string of the molecule is Cc1cccc(NC(=O)c2cc([N+](=O)[O-])ccc2NCCN2C(=O)[C@@H]3[C@@H](C2=O)[C@H]2C=C[C@@H]3C2)c1. The predicted octanol–water partition coefficient (Wildman–Crippen LogP) is 3.37. The number of allylic oxidation sites excluding steroid dienone is 2. The first kappa shape index (κ1) is 21.8. The topological polar surface area (TPSA) is 122 Å². The third kappa shape index (κ3) is 3.72. The van der Waals surface area contributed by atoms with E-state index in [0.29, 0.717) is 11.4 Å².